The molecule has 1 aromatic rings. The fourth-order valence-electron chi connectivity index (χ4n) is 2.66. The number of nitrogens with one attached hydrogen (secondary N) is 1. The number of piperazine rings is 1. The molecule has 1 saturated heterocycles. The topological polar surface area (TPSA) is 36.3 Å². The Morgan fingerprint density at radius 2 is 1.95 bits per heavy atom. The highest BCUT2D eigenvalue weighted by Gasteiger charge is 2.14. The summed E-state index contributed by atoms with van der Waals surface area (Å²) < 4.78 is 1.89. The monoisotopic (exact) mass is 265 g/mol. The predicted octanol–water partition coefficient (Wildman–Crippen LogP) is 0.627. The minimum absolute atomic E-state index is 0.376. The minimum Gasteiger partial charge on any atom is -0.309 e. The molecule has 1 aliphatic heterocycles. The molecule has 0 bridgehead atoms. The first kappa shape index (κ1) is 14.5. The maximum Gasteiger partial charge on any atom is 0.0641 e. The van der Waals surface area contributed by atoms with Crippen LogP contribution in [-0.4, -0.2) is 65.9 Å². The van der Waals surface area contributed by atoms with Gasteiger partial charge in [-0.05, 0) is 20.9 Å². The summed E-state index contributed by atoms with van der Waals surface area (Å²) in [4.78, 5) is 4.93. The number of rotatable bonds is 5. The summed E-state index contributed by atoms with van der Waals surface area (Å²) in [7, 11) is 4.18. The molecule has 1 fully saturated rings. The second-order valence-corrected chi connectivity index (χ2v) is 5.66. The van der Waals surface area contributed by atoms with E-state index in [1.165, 1.54) is 31.7 Å². The van der Waals surface area contributed by atoms with Gasteiger partial charge in [0, 0.05) is 64.1 Å². The number of aryl methyl sites for hydroxylation is 2. The largest absolute Gasteiger partial charge is 0.309 e. The lowest BCUT2D eigenvalue weighted by atomic mass is 10.1. The Hall–Kier alpha value is -0.910. The fraction of sp³-hybridized carbons (Fsp3) is 0.786. The summed E-state index contributed by atoms with van der Waals surface area (Å²) in [6.07, 6.45) is 2.11. The summed E-state index contributed by atoms with van der Waals surface area (Å²) in [5.41, 5.74) is 2.43. The van der Waals surface area contributed by atoms with Crippen molar-refractivity contribution in [1.82, 2.24) is 24.9 Å². The van der Waals surface area contributed by atoms with Crippen molar-refractivity contribution in [3.8, 4) is 0 Å². The van der Waals surface area contributed by atoms with Gasteiger partial charge in [0.05, 0.1) is 5.69 Å². The van der Waals surface area contributed by atoms with Gasteiger partial charge >= 0.3 is 0 Å². The smallest absolute Gasteiger partial charge is 0.0641 e. The summed E-state index contributed by atoms with van der Waals surface area (Å²) in [5.74, 6) is 0. The van der Waals surface area contributed by atoms with E-state index in [4.69, 9.17) is 0 Å². The van der Waals surface area contributed by atoms with E-state index in [0.717, 1.165) is 18.8 Å². The molecular formula is C14H27N5. The number of hydrogen-bond donors (Lipinski definition) is 1. The van der Waals surface area contributed by atoms with Crippen molar-refractivity contribution < 1.29 is 0 Å². The van der Waals surface area contributed by atoms with Crippen LogP contribution in [0.1, 0.15) is 24.2 Å². The highest BCUT2D eigenvalue weighted by molar-refractivity contribution is 5.19. The third-order valence-electron chi connectivity index (χ3n) is 3.99. The predicted molar refractivity (Wildman–Crippen MR) is 78.3 cm³/mol. The molecule has 2 heterocycles. The van der Waals surface area contributed by atoms with E-state index in [1.54, 1.807) is 0 Å². The van der Waals surface area contributed by atoms with Gasteiger partial charge < -0.3 is 10.2 Å². The number of likely N-dealkylation sites (N-methyl/N-ethyl adjacent to an activating group) is 1. The van der Waals surface area contributed by atoms with Gasteiger partial charge in [-0.2, -0.15) is 5.10 Å². The van der Waals surface area contributed by atoms with Gasteiger partial charge in [0.25, 0.3) is 0 Å². The second kappa shape index (κ2) is 6.50. The van der Waals surface area contributed by atoms with Crippen molar-refractivity contribution in [2.24, 2.45) is 7.05 Å². The molecule has 1 aromatic heterocycles. The number of nitrogens with zero attached hydrogens (tertiary/aromatic N) is 4. The zero-order valence-electron chi connectivity index (χ0n) is 12.7. The Kier molecular flexibility index (Phi) is 4.96. The Bertz CT molecular complexity index is 393. The van der Waals surface area contributed by atoms with Crippen LogP contribution in [0.5, 0.6) is 0 Å². The molecule has 5 heteroatoms. The highest BCUT2D eigenvalue weighted by atomic mass is 15.3. The molecule has 2 rings (SSSR count). The Labute approximate surface area is 116 Å². The van der Waals surface area contributed by atoms with Crippen molar-refractivity contribution >= 4 is 0 Å². The van der Waals surface area contributed by atoms with Crippen LogP contribution >= 0.6 is 0 Å². The lowest BCUT2D eigenvalue weighted by Gasteiger charge is -2.32. The van der Waals surface area contributed by atoms with Crippen molar-refractivity contribution in [3.63, 3.8) is 0 Å². The summed E-state index contributed by atoms with van der Waals surface area (Å²) in [6, 6.07) is 0.376. The molecular weight excluding hydrogens is 238 g/mol. The summed E-state index contributed by atoms with van der Waals surface area (Å²) in [5, 5.41) is 8.00. The van der Waals surface area contributed by atoms with Crippen LogP contribution < -0.4 is 5.32 Å². The summed E-state index contributed by atoms with van der Waals surface area (Å²) >= 11 is 0. The number of hydrogen-bond acceptors (Lipinski definition) is 4. The normalized spacial score (nSPS) is 19.8. The first-order valence-corrected chi connectivity index (χ1v) is 7.20. The van der Waals surface area contributed by atoms with Crippen LogP contribution in [0.15, 0.2) is 6.20 Å². The third kappa shape index (κ3) is 4.03. The van der Waals surface area contributed by atoms with Gasteiger partial charge in [0.15, 0.2) is 0 Å². The lowest BCUT2D eigenvalue weighted by molar-refractivity contribution is 0.154. The molecule has 0 spiro atoms. The molecule has 1 N–H and O–H groups in total. The van der Waals surface area contributed by atoms with Crippen LogP contribution in [0, 0.1) is 6.92 Å². The molecule has 0 aliphatic carbocycles. The van der Waals surface area contributed by atoms with Crippen LogP contribution in [0.3, 0.4) is 0 Å². The van der Waals surface area contributed by atoms with Crippen molar-refractivity contribution in [1.29, 1.82) is 0 Å². The molecule has 0 aromatic carbocycles. The number of aromatic nitrogens is 2. The Morgan fingerprint density at radius 1 is 1.26 bits per heavy atom. The van der Waals surface area contributed by atoms with Gasteiger partial charge in [-0.1, -0.05) is 0 Å². The zero-order valence-corrected chi connectivity index (χ0v) is 12.7. The maximum atomic E-state index is 4.40. The summed E-state index contributed by atoms with van der Waals surface area (Å²) in [6.45, 7) is 11.2. The van der Waals surface area contributed by atoms with Gasteiger partial charge in [0.2, 0.25) is 0 Å². The highest BCUT2D eigenvalue weighted by Crippen LogP contribution is 2.15. The minimum atomic E-state index is 0.376. The molecule has 0 radical (unpaired) electrons. The molecule has 1 atom stereocenters. The van der Waals surface area contributed by atoms with Crippen molar-refractivity contribution in [2.45, 2.75) is 19.9 Å². The molecule has 1 unspecified atom stereocenters. The van der Waals surface area contributed by atoms with Gasteiger partial charge in [-0.25, -0.2) is 0 Å². The van der Waals surface area contributed by atoms with E-state index in [1.807, 2.05) is 11.7 Å². The van der Waals surface area contributed by atoms with Gasteiger partial charge in [-0.15, -0.1) is 0 Å². The fourth-order valence-corrected chi connectivity index (χ4v) is 2.66. The second-order valence-electron chi connectivity index (χ2n) is 5.66. The molecule has 5 nitrogen and oxygen atoms in total. The van der Waals surface area contributed by atoms with Crippen LogP contribution in [0.2, 0.25) is 0 Å². The lowest BCUT2D eigenvalue weighted by Crippen LogP contribution is -2.46. The van der Waals surface area contributed by atoms with Crippen molar-refractivity contribution in [3.05, 3.63) is 17.5 Å². The molecule has 1 aliphatic rings. The standard InChI is InChI=1S/C14H27N5/c1-12(14-11-18(4)16-13(14)2)15-5-6-19-9-7-17(3)8-10-19/h11-12,15H,5-10H2,1-4H3. The third-order valence-corrected chi connectivity index (χ3v) is 3.99. The Morgan fingerprint density at radius 3 is 2.53 bits per heavy atom. The van der Waals surface area contributed by atoms with Crippen molar-refractivity contribution in [2.75, 3.05) is 46.3 Å². The van der Waals surface area contributed by atoms with E-state index in [2.05, 4.69) is 47.3 Å². The Balaban J connectivity index is 1.72. The molecule has 108 valence electrons. The van der Waals surface area contributed by atoms with E-state index in [9.17, 15) is 0 Å². The van der Waals surface area contributed by atoms with E-state index < -0.39 is 0 Å². The van der Waals surface area contributed by atoms with Crippen LogP contribution in [0.4, 0.5) is 0 Å². The SMILES string of the molecule is Cc1nn(C)cc1C(C)NCCN1CCN(C)CC1. The molecule has 19 heavy (non-hydrogen) atoms. The zero-order chi connectivity index (χ0) is 13.8. The van der Waals surface area contributed by atoms with Gasteiger partial charge in [0.1, 0.15) is 0 Å². The molecule has 0 amide bonds. The average Bonchev–Trinajstić information content (AvgIpc) is 2.71. The van der Waals surface area contributed by atoms with E-state index in [-0.39, 0.29) is 0 Å². The van der Waals surface area contributed by atoms with E-state index >= 15 is 0 Å². The van der Waals surface area contributed by atoms with Crippen LogP contribution in [0.25, 0.3) is 0 Å². The quantitative estimate of drug-likeness (QED) is 0.847. The maximum absolute atomic E-state index is 4.40. The van der Waals surface area contributed by atoms with E-state index in [0.29, 0.717) is 6.04 Å². The van der Waals surface area contributed by atoms with Gasteiger partial charge in [-0.3, -0.25) is 9.58 Å². The first-order chi connectivity index (χ1) is 9.06. The first-order valence-electron chi connectivity index (χ1n) is 7.20. The molecule has 0 saturated carbocycles. The average molecular weight is 265 g/mol. The van der Waals surface area contributed by atoms with Crippen LogP contribution in [-0.2, 0) is 7.05 Å².